The molecule has 0 amide bonds. The first-order valence-electron chi connectivity index (χ1n) is 6.71. The molecule has 3 rings (SSSR count). The van der Waals surface area contributed by atoms with Crippen LogP contribution in [-0.4, -0.2) is 16.7 Å². The van der Waals surface area contributed by atoms with E-state index in [1.165, 1.54) is 12.1 Å². The Hall–Kier alpha value is -2.50. The molecule has 0 saturated heterocycles. The predicted octanol–water partition coefficient (Wildman–Crippen LogP) is 4.22. The maximum Gasteiger partial charge on any atom is 0.387 e. The van der Waals surface area contributed by atoms with Crippen LogP contribution in [0.4, 0.5) is 8.78 Å². The average molecular weight is 395 g/mol. The molecule has 0 unspecified atom stereocenters. The van der Waals surface area contributed by atoms with Gasteiger partial charge in [0.2, 0.25) is 5.89 Å². The molecule has 0 atom stereocenters. The lowest BCUT2D eigenvalue weighted by molar-refractivity contribution is -0.0508. The quantitative estimate of drug-likeness (QED) is 0.716. The number of oxazole rings is 1. The van der Waals surface area contributed by atoms with Gasteiger partial charge in [-0.05, 0) is 34.1 Å². The topological polar surface area (TPSA) is 79.3 Å². The lowest BCUT2D eigenvalue weighted by atomic mass is 10.1. The molecule has 0 aliphatic rings. The molecule has 122 valence electrons. The Morgan fingerprint density at radius 1 is 1.38 bits per heavy atom. The van der Waals surface area contributed by atoms with E-state index in [1.807, 2.05) is 0 Å². The molecule has 0 aliphatic carbocycles. The smallest absolute Gasteiger partial charge is 0.387 e. The van der Waals surface area contributed by atoms with Crippen LogP contribution in [0.5, 0.6) is 5.75 Å². The SMILES string of the molecule is N#Cc1c(Br)cccc1-c1nc2cc(CO)c(OC(F)F)cc2o1. The molecule has 0 fully saturated rings. The van der Waals surface area contributed by atoms with Gasteiger partial charge in [0.25, 0.3) is 0 Å². The Kier molecular flexibility index (Phi) is 4.46. The van der Waals surface area contributed by atoms with E-state index in [0.717, 1.165) is 0 Å². The normalized spacial score (nSPS) is 11.0. The van der Waals surface area contributed by atoms with Gasteiger partial charge in [0.15, 0.2) is 5.58 Å². The molecule has 1 N–H and O–H groups in total. The molecular weight excluding hydrogens is 386 g/mol. The van der Waals surface area contributed by atoms with E-state index in [2.05, 4.69) is 31.7 Å². The summed E-state index contributed by atoms with van der Waals surface area (Å²) in [7, 11) is 0. The Labute approximate surface area is 143 Å². The maximum atomic E-state index is 12.5. The Balaban J connectivity index is 2.16. The summed E-state index contributed by atoms with van der Waals surface area (Å²) in [6, 6.07) is 9.80. The van der Waals surface area contributed by atoms with Crippen LogP contribution < -0.4 is 4.74 Å². The van der Waals surface area contributed by atoms with Crippen molar-refractivity contribution in [3.05, 3.63) is 45.9 Å². The molecular formula is C16H9BrF2N2O3. The Morgan fingerprint density at radius 3 is 2.83 bits per heavy atom. The van der Waals surface area contributed by atoms with Crippen LogP contribution in [0, 0.1) is 11.3 Å². The first kappa shape index (κ1) is 16.4. The largest absolute Gasteiger partial charge is 0.436 e. The van der Waals surface area contributed by atoms with Gasteiger partial charge < -0.3 is 14.3 Å². The zero-order valence-corrected chi connectivity index (χ0v) is 13.5. The van der Waals surface area contributed by atoms with E-state index >= 15 is 0 Å². The molecule has 0 saturated carbocycles. The highest BCUT2D eigenvalue weighted by Gasteiger charge is 2.17. The van der Waals surface area contributed by atoms with Crippen molar-refractivity contribution in [2.75, 3.05) is 0 Å². The number of nitriles is 1. The number of aliphatic hydroxyl groups is 1. The third kappa shape index (κ3) is 2.96. The van der Waals surface area contributed by atoms with E-state index < -0.39 is 13.2 Å². The molecule has 1 heterocycles. The number of fused-ring (bicyclic) bond motifs is 1. The predicted molar refractivity (Wildman–Crippen MR) is 84.4 cm³/mol. The summed E-state index contributed by atoms with van der Waals surface area (Å²) in [4.78, 5) is 4.27. The first-order chi connectivity index (χ1) is 11.5. The first-order valence-corrected chi connectivity index (χ1v) is 7.51. The lowest BCUT2D eigenvalue weighted by Gasteiger charge is -2.08. The van der Waals surface area contributed by atoms with Gasteiger partial charge in [-0.3, -0.25) is 0 Å². The molecule has 0 bridgehead atoms. The van der Waals surface area contributed by atoms with Crippen LogP contribution in [0.25, 0.3) is 22.6 Å². The zero-order valence-electron chi connectivity index (χ0n) is 12.0. The third-order valence-electron chi connectivity index (χ3n) is 3.31. The van der Waals surface area contributed by atoms with Crippen molar-refractivity contribution in [2.45, 2.75) is 13.2 Å². The van der Waals surface area contributed by atoms with E-state index in [4.69, 9.17) is 4.42 Å². The van der Waals surface area contributed by atoms with Crippen LogP contribution in [0.3, 0.4) is 0 Å². The molecule has 5 nitrogen and oxygen atoms in total. The second kappa shape index (κ2) is 6.55. The van der Waals surface area contributed by atoms with Crippen molar-refractivity contribution in [2.24, 2.45) is 0 Å². The minimum atomic E-state index is -3.02. The second-order valence-electron chi connectivity index (χ2n) is 4.76. The average Bonchev–Trinajstić information content (AvgIpc) is 2.95. The second-order valence-corrected chi connectivity index (χ2v) is 5.61. The van der Waals surface area contributed by atoms with Gasteiger partial charge in [-0.1, -0.05) is 6.07 Å². The van der Waals surface area contributed by atoms with Gasteiger partial charge in [-0.2, -0.15) is 14.0 Å². The monoisotopic (exact) mass is 394 g/mol. The van der Waals surface area contributed by atoms with Gasteiger partial charge >= 0.3 is 6.61 Å². The number of rotatable bonds is 4. The van der Waals surface area contributed by atoms with E-state index in [1.54, 1.807) is 18.2 Å². The molecule has 3 aromatic rings. The minimum absolute atomic E-state index is 0.164. The van der Waals surface area contributed by atoms with Crippen LogP contribution in [-0.2, 0) is 6.61 Å². The molecule has 2 aromatic carbocycles. The van der Waals surface area contributed by atoms with Gasteiger partial charge in [0, 0.05) is 16.1 Å². The highest BCUT2D eigenvalue weighted by molar-refractivity contribution is 9.10. The zero-order chi connectivity index (χ0) is 17.3. The van der Waals surface area contributed by atoms with Crippen molar-refractivity contribution < 1.29 is 23.0 Å². The summed E-state index contributed by atoms with van der Waals surface area (Å²) in [5.74, 6) is -0.0154. The summed E-state index contributed by atoms with van der Waals surface area (Å²) < 4.78 is 35.5. The van der Waals surface area contributed by atoms with Crippen molar-refractivity contribution in [3.8, 4) is 23.3 Å². The van der Waals surface area contributed by atoms with E-state index in [9.17, 15) is 19.1 Å². The molecule has 0 aliphatic heterocycles. The standard InChI is InChI=1S/C16H9BrF2N2O3/c17-11-3-1-2-9(10(11)6-20)15-21-12-4-8(7-22)13(24-16(18)19)5-14(12)23-15/h1-5,16,22H,7H2. The number of alkyl halides is 2. The summed E-state index contributed by atoms with van der Waals surface area (Å²) in [5, 5.41) is 18.6. The fourth-order valence-electron chi connectivity index (χ4n) is 2.26. The molecule has 24 heavy (non-hydrogen) atoms. The van der Waals surface area contributed by atoms with Gasteiger partial charge in [0.05, 0.1) is 17.7 Å². The van der Waals surface area contributed by atoms with Gasteiger partial charge in [0.1, 0.15) is 17.3 Å². The third-order valence-corrected chi connectivity index (χ3v) is 3.97. The fourth-order valence-corrected chi connectivity index (χ4v) is 2.71. The van der Waals surface area contributed by atoms with Gasteiger partial charge in [-0.25, -0.2) is 4.98 Å². The number of benzene rings is 2. The van der Waals surface area contributed by atoms with Crippen LogP contribution in [0.1, 0.15) is 11.1 Å². The molecule has 1 aromatic heterocycles. The fraction of sp³-hybridized carbons (Fsp3) is 0.125. The van der Waals surface area contributed by atoms with E-state index in [-0.39, 0.29) is 22.8 Å². The highest BCUT2D eigenvalue weighted by Crippen LogP contribution is 2.33. The number of ether oxygens (including phenoxy) is 1. The Morgan fingerprint density at radius 2 is 2.17 bits per heavy atom. The van der Waals surface area contributed by atoms with Crippen molar-refractivity contribution >= 4 is 27.0 Å². The summed E-state index contributed by atoms with van der Waals surface area (Å²) in [6.45, 7) is -3.51. The van der Waals surface area contributed by atoms with Crippen LogP contribution >= 0.6 is 15.9 Å². The number of aliphatic hydroxyl groups excluding tert-OH is 1. The lowest BCUT2D eigenvalue weighted by Crippen LogP contribution is -2.04. The maximum absolute atomic E-state index is 12.5. The van der Waals surface area contributed by atoms with Crippen molar-refractivity contribution in [3.63, 3.8) is 0 Å². The van der Waals surface area contributed by atoms with Gasteiger partial charge in [-0.15, -0.1) is 0 Å². The number of aromatic nitrogens is 1. The Bertz CT molecular complexity index is 950. The van der Waals surface area contributed by atoms with Crippen LogP contribution in [0.15, 0.2) is 39.2 Å². The number of hydrogen-bond donors (Lipinski definition) is 1. The molecule has 0 spiro atoms. The van der Waals surface area contributed by atoms with Crippen LogP contribution in [0.2, 0.25) is 0 Å². The molecule has 8 heteroatoms. The van der Waals surface area contributed by atoms with Crippen molar-refractivity contribution in [1.29, 1.82) is 5.26 Å². The summed E-state index contributed by atoms with van der Waals surface area (Å²) in [6.07, 6.45) is 0. The summed E-state index contributed by atoms with van der Waals surface area (Å²) >= 11 is 3.28. The number of nitrogens with zero attached hydrogens (tertiary/aromatic N) is 2. The molecule has 0 radical (unpaired) electrons. The minimum Gasteiger partial charge on any atom is -0.436 e. The van der Waals surface area contributed by atoms with Crippen molar-refractivity contribution in [1.82, 2.24) is 4.98 Å². The van der Waals surface area contributed by atoms with E-state index in [0.29, 0.717) is 21.1 Å². The number of halogens is 3. The highest BCUT2D eigenvalue weighted by atomic mass is 79.9. The number of hydrogen-bond acceptors (Lipinski definition) is 5. The summed E-state index contributed by atoms with van der Waals surface area (Å²) in [5.41, 5.74) is 1.54.